The van der Waals surface area contributed by atoms with Gasteiger partial charge in [0.1, 0.15) is 0 Å². The quantitative estimate of drug-likeness (QED) is 0.731. The van der Waals surface area contributed by atoms with Crippen molar-refractivity contribution in [2.45, 2.75) is 38.6 Å². The number of nitrogens with zero attached hydrogens (tertiary/aromatic N) is 1. The summed E-state index contributed by atoms with van der Waals surface area (Å²) in [5, 5.41) is 3.24. The van der Waals surface area contributed by atoms with Crippen molar-refractivity contribution in [2.24, 2.45) is 11.1 Å². The smallest absolute Gasteiger partial charge is 0.227 e. The predicted octanol–water partition coefficient (Wildman–Crippen LogP) is 1.08. The molecule has 2 saturated heterocycles. The minimum atomic E-state index is -0.405. The number of nitrogens with one attached hydrogen (secondary N) is 1. The van der Waals surface area contributed by atoms with E-state index >= 15 is 0 Å². The SMILES string of the molecule is CCC(CC)(CN)C(=O)NCC1(N2CCOCC2)CCSC1. The van der Waals surface area contributed by atoms with Crippen LogP contribution >= 0.6 is 11.8 Å². The van der Waals surface area contributed by atoms with Gasteiger partial charge in [0, 0.05) is 37.5 Å². The fourth-order valence-corrected chi connectivity index (χ4v) is 5.00. The molecule has 1 unspecified atom stereocenters. The van der Waals surface area contributed by atoms with Crippen LogP contribution in [0.1, 0.15) is 33.1 Å². The molecule has 2 rings (SSSR count). The van der Waals surface area contributed by atoms with Crippen molar-refractivity contribution < 1.29 is 9.53 Å². The monoisotopic (exact) mass is 329 g/mol. The first kappa shape index (κ1) is 18.0. The van der Waals surface area contributed by atoms with Gasteiger partial charge in [0.25, 0.3) is 0 Å². The average molecular weight is 330 g/mol. The molecule has 1 amide bonds. The van der Waals surface area contributed by atoms with Gasteiger partial charge in [-0.3, -0.25) is 9.69 Å². The lowest BCUT2D eigenvalue weighted by Gasteiger charge is -2.43. The number of hydrogen-bond acceptors (Lipinski definition) is 5. The van der Waals surface area contributed by atoms with Crippen LogP contribution < -0.4 is 11.1 Å². The van der Waals surface area contributed by atoms with E-state index in [-0.39, 0.29) is 11.4 Å². The first-order valence-electron chi connectivity index (χ1n) is 8.51. The molecule has 0 radical (unpaired) electrons. The molecule has 22 heavy (non-hydrogen) atoms. The summed E-state index contributed by atoms with van der Waals surface area (Å²) in [4.78, 5) is 15.2. The first-order valence-corrected chi connectivity index (χ1v) is 9.67. The second-order valence-corrected chi connectivity index (χ2v) is 7.61. The van der Waals surface area contributed by atoms with Gasteiger partial charge in [-0.2, -0.15) is 11.8 Å². The summed E-state index contributed by atoms with van der Waals surface area (Å²) < 4.78 is 5.48. The van der Waals surface area contributed by atoms with Gasteiger partial charge in [0.2, 0.25) is 5.91 Å². The zero-order chi connectivity index (χ0) is 16.1. The summed E-state index contributed by atoms with van der Waals surface area (Å²) in [6.07, 6.45) is 2.74. The fourth-order valence-electron chi connectivity index (χ4n) is 3.52. The van der Waals surface area contributed by atoms with Crippen molar-refractivity contribution in [3.63, 3.8) is 0 Å². The Balaban J connectivity index is 2.01. The highest BCUT2D eigenvalue weighted by Gasteiger charge is 2.42. The van der Waals surface area contributed by atoms with Crippen LogP contribution in [-0.2, 0) is 9.53 Å². The highest BCUT2D eigenvalue weighted by atomic mass is 32.2. The van der Waals surface area contributed by atoms with E-state index in [2.05, 4.69) is 24.1 Å². The molecule has 2 aliphatic rings. The van der Waals surface area contributed by atoms with Crippen molar-refractivity contribution in [1.82, 2.24) is 10.2 Å². The Labute approximate surface area is 138 Å². The van der Waals surface area contributed by atoms with Crippen molar-refractivity contribution in [2.75, 3.05) is 50.9 Å². The highest BCUT2D eigenvalue weighted by molar-refractivity contribution is 7.99. The molecule has 0 aromatic rings. The molecule has 2 aliphatic heterocycles. The normalized spacial score (nSPS) is 27.0. The second kappa shape index (κ2) is 7.99. The third-order valence-electron chi connectivity index (χ3n) is 5.57. The zero-order valence-electron chi connectivity index (χ0n) is 14.0. The molecule has 0 bridgehead atoms. The fraction of sp³-hybridized carbons (Fsp3) is 0.938. The Hall–Kier alpha value is -0.300. The van der Waals surface area contributed by atoms with Crippen molar-refractivity contribution in [3.05, 3.63) is 0 Å². The molecule has 0 saturated carbocycles. The molecule has 128 valence electrons. The number of amides is 1. The molecule has 2 heterocycles. The van der Waals surface area contributed by atoms with Crippen LogP contribution in [0.25, 0.3) is 0 Å². The minimum absolute atomic E-state index is 0.103. The molecule has 0 aromatic heterocycles. The molecule has 1 atom stereocenters. The molecule has 5 nitrogen and oxygen atoms in total. The minimum Gasteiger partial charge on any atom is -0.379 e. The van der Waals surface area contributed by atoms with Crippen LogP contribution in [-0.4, -0.2) is 67.2 Å². The van der Waals surface area contributed by atoms with Gasteiger partial charge >= 0.3 is 0 Å². The van der Waals surface area contributed by atoms with E-state index in [1.54, 1.807) is 0 Å². The number of ether oxygens (including phenoxy) is 1. The predicted molar refractivity (Wildman–Crippen MR) is 92.1 cm³/mol. The number of carbonyl (C=O) groups is 1. The lowest BCUT2D eigenvalue weighted by molar-refractivity contribution is -0.131. The van der Waals surface area contributed by atoms with Gasteiger partial charge in [-0.25, -0.2) is 0 Å². The number of nitrogens with two attached hydrogens (primary N) is 1. The lowest BCUT2D eigenvalue weighted by atomic mass is 9.81. The third-order valence-corrected chi connectivity index (χ3v) is 6.80. The van der Waals surface area contributed by atoms with Gasteiger partial charge in [-0.05, 0) is 25.0 Å². The number of rotatable bonds is 7. The van der Waals surface area contributed by atoms with Crippen LogP contribution in [0.5, 0.6) is 0 Å². The number of morpholine rings is 1. The van der Waals surface area contributed by atoms with Crippen molar-refractivity contribution in [1.29, 1.82) is 0 Å². The van der Waals surface area contributed by atoms with E-state index in [9.17, 15) is 4.79 Å². The summed E-state index contributed by atoms with van der Waals surface area (Å²) in [6.45, 7) is 8.82. The van der Waals surface area contributed by atoms with Gasteiger partial charge in [0.05, 0.1) is 18.6 Å². The summed E-state index contributed by atoms with van der Waals surface area (Å²) in [7, 11) is 0. The molecule has 3 N–H and O–H groups in total. The van der Waals surface area contributed by atoms with Crippen LogP contribution in [0.3, 0.4) is 0 Å². The van der Waals surface area contributed by atoms with Crippen LogP contribution in [0, 0.1) is 5.41 Å². The summed E-state index contributed by atoms with van der Waals surface area (Å²) in [5.74, 6) is 2.40. The van der Waals surface area contributed by atoms with E-state index in [1.807, 2.05) is 11.8 Å². The van der Waals surface area contributed by atoms with E-state index in [1.165, 1.54) is 5.75 Å². The van der Waals surface area contributed by atoms with E-state index < -0.39 is 5.41 Å². The molecule has 0 spiro atoms. The Morgan fingerprint density at radius 3 is 2.55 bits per heavy atom. The Morgan fingerprint density at radius 1 is 1.36 bits per heavy atom. The molecule has 6 heteroatoms. The molecule has 0 aliphatic carbocycles. The van der Waals surface area contributed by atoms with E-state index in [0.717, 1.165) is 57.9 Å². The van der Waals surface area contributed by atoms with E-state index in [4.69, 9.17) is 10.5 Å². The maximum Gasteiger partial charge on any atom is 0.227 e. The van der Waals surface area contributed by atoms with Gasteiger partial charge in [-0.15, -0.1) is 0 Å². The maximum absolute atomic E-state index is 12.7. The van der Waals surface area contributed by atoms with Crippen molar-refractivity contribution >= 4 is 17.7 Å². The topological polar surface area (TPSA) is 67.6 Å². The Bertz CT molecular complexity index is 354. The number of carbonyl (C=O) groups excluding carboxylic acids is 1. The van der Waals surface area contributed by atoms with Crippen LogP contribution in [0.15, 0.2) is 0 Å². The maximum atomic E-state index is 12.7. The number of hydrogen-bond donors (Lipinski definition) is 2. The third kappa shape index (κ3) is 3.61. The Kier molecular flexibility index (Phi) is 6.56. The zero-order valence-corrected chi connectivity index (χ0v) is 14.8. The van der Waals surface area contributed by atoms with Gasteiger partial charge < -0.3 is 15.8 Å². The number of thioether (sulfide) groups is 1. The summed E-state index contributed by atoms with van der Waals surface area (Å²) >= 11 is 1.99. The molecule has 2 fully saturated rings. The summed E-state index contributed by atoms with van der Waals surface area (Å²) in [6, 6.07) is 0. The highest BCUT2D eigenvalue weighted by Crippen LogP contribution is 2.34. The second-order valence-electron chi connectivity index (χ2n) is 6.50. The standard InChI is InChI=1S/C16H31N3O2S/c1-3-15(4-2,11-17)14(20)18-12-16(5-10-22-13-16)19-6-8-21-9-7-19/h3-13,17H2,1-2H3,(H,18,20). The van der Waals surface area contributed by atoms with Crippen LogP contribution in [0.4, 0.5) is 0 Å². The summed E-state index contributed by atoms with van der Waals surface area (Å²) in [5.41, 5.74) is 5.60. The van der Waals surface area contributed by atoms with Gasteiger partial charge in [-0.1, -0.05) is 13.8 Å². The largest absolute Gasteiger partial charge is 0.379 e. The van der Waals surface area contributed by atoms with Crippen LogP contribution in [0.2, 0.25) is 0 Å². The average Bonchev–Trinajstić information content (AvgIpc) is 3.06. The van der Waals surface area contributed by atoms with E-state index in [0.29, 0.717) is 6.54 Å². The lowest BCUT2D eigenvalue weighted by Crippen LogP contribution is -2.60. The Morgan fingerprint density at radius 2 is 2.05 bits per heavy atom. The first-order chi connectivity index (χ1) is 10.6. The van der Waals surface area contributed by atoms with Crippen molar-refractivity contribution in [3.8, 4) is 0 Å². The van der Waals surface area contributed by atoms with Gasteiger partial charge in [0.15, 0.2) is 0 Å². The molecular formula is C16H31N3O2S. The molecule has 0 aromatic carbocycles. The molecular weight excluding hydrogens is 298 g/mol.